The first-order chi connectivity index (χ1) is 3.73. The van der Waals surface area contributed by atoms with Gasteiger partial charge in [0, 0.05) is 0 Å². The molecule has 8 heteroatoms. The van der Waals surface area contributed by atoms with Crippen molar-refractivity contribution in [3.63, 3.8) is 0 Å². The van der Waals surface area contributed by atoms with Crippen LogP contribution in [0.25, 0.3) is 0 Å². The van der Waals surface area contributed by atoms with Crippen molar-refractivity contribution in [2.75, 3.05) is 0 Å². The van der Waals surface area contributed by atoms with Gasteiger partial charge in [0.2, 0.25) is 0 Å². The SMILES string of the molecule is NC(N)=[NH2+].O=S(=O)(O)O. The normalized spacial score (nSPS) is 9.11. The summed E-state index contributed by atoms with van der Waals surface area (Å²) in [6.07, 6.45) is 0. The Morgan fingerprint density at radius 2 is 1.33 bits per heavy atom. The molecule has 8 N–H and O–H groups in total. The van der Waals surface area contributed by atoms with Gasteiger partial charge in [-0.15, -0.1) is 0 Å². The fourth-order valence-electron chi connectivity index (χ4n) is 0. The van der Waals surface area contributed by atoms with Crippen LogP contribution in [0.3, 0.4) is 0 Å². The zero-order valence-electron chi connectivity index (χ0n) is 4.35. The second-order valence-corrected chi connectivity index (χ2v) is 1.84. The van der Waals surface area contributed by atoms with Gasteiger partial charge in [0.1, 0.15) is 0 Å². The Balaban J connectivity index is 0. The van der Waals surface area contributed by atoms with Gasteiger partial charge in [-0.3, -0.25) is 26.0 Å². The Kier molecular flexibility index (Phi) is 4.97. The lowest BCUT2D eigenvalue weighted by Crippen LogP contribution is -2.51. The minimum atomic E-state index is -4.67. The average Bonchev–Trinajstić information content (AvgIpc) is 1.19. The molecule has 0 aliphatic rings. The average molecular weight is 158 g/mol. The van der Waals surface area contributed by atoms with Crippen LogP contribution in [-0.4, -0.2) is 23.5 Å². The molecule has 0 aliphatic carbocycles. The second kappa shape index (κ2) is 4.06. The first-order valence-corrected chi connectivity index (χ1v) is 2.96. The summed E-state index contributed by atoms with van der Waals surface area (Å²) in [5.41, 5.74) is 9.17. The van der Waals surface area contributed by atoms with Crippen molar-refractivity contribution in [3.8, 4) is 0 Å². The quantitative estimate of drug-likeness (QED) is 0.139. The third-order valence-corrected chi connectivity index (χ3v) is 0. The Morgan fingerprint density at radius 1 is 1.33 bits per heavy atom. The van der Waals surface area contributed by atoms with Crippen LogP contribution in [0.1, 0.15) is 0 Å². The molecule has 0 saturated heterocycles. The number of guanidine groups is 1. The van der Waals surface area contributed by atoms with E-state index < -0.39 is 10.4 Å². The first kappa shape index (κ1) is 11.0. The predicted octanol–water partition coefficient (Wildman–Crippen LogP) is -3.63. The predicted molar refractivity (Wildman–Crippen MR) is 29.5 cm³/mol. The van der Waals surface area contributed by atoms with Gasteiger partial charge in [-0.25, -0.2) is 0 Å². The van der Waals surface area contributed by atoms with Crippen LogP contribution in [0.4, 0.5) is 0 Å². The molecular formula is CH8N3O4S+. The van der Waals surface area contributed by atoms with E-state index in [0.717, 1.165) is 0 Å². The van der Waals surface area contributed by atoms with Crippen LogP contribution in [0.15, 0.2) is 0 Å². The third kappa shape index (κ3) is 255. The fourth-order valence-corrected chi connectivity index (χ4v) is 0. The van der Waals surface area contributed by atoms with E-state index in [1.807, 2.05) is 0 Å². The fraction of sp³-hybridized carbons (Fsp3) is 0. The molecule has 0 aromatic heterocycles. The summed E-state index contributed by atoms with van der Waals surface area (Å²) < 4.78 is 31.6. The van der Waals surface area contributed by atoms with Crippen molar-refractivity contribution in [1.82, 2.24) is 0 Å². The topological polar surface area (TPSA) is 152 Å². The van der Waals surface area contributed by atoms with E-state index in [2.05, 4.69) is 16.9 Å². The van der Waals surface area contributed by atoms with E-state index in [1.54, 1.807) is 0 Å². The standard InChI is InChI=1S/CH5N3.H2O4S/c2-1(3)4;1-5(2,3)4/h(H5,2,3,4);(H2,1,2,3,4)/p+1. The molecule has 0 heterocycles. The molecule has 0 aromatic carbocycles. The molecule has 9 heavy (non-hydrogen) atoms. The zero-order chi connectivity index (χ0) is 8.08. The van der Waals surface area contributed by atoms with Crippen LogP contribution in [0, 0.1) is 0 Å². The van der Waals surface area contributed by atoms with Gasteiger partial charge in [-0.2, -0.15) is 8.42 Å². The van der Waals surface area contributed by atoms with E-state index in [0.29, 0.717) is 0 Å². The van der Waals surface area contributed by atoms with E-state index in [1.165, 1.54) is 0 Å². The Morgan fingerprint density at radius 3 is 1.33 bits per heavy atom. The summed E-state index contributed by atoms with van der Waals surface area (Å²) in [6, 6.07) is 0. The van der Waals surface area contributed by atoms with Crippen molar-refractivity contribution < 1.29 is 22.9 Å². The first-order valence-electron chi connectivity index (χ1n) is 1.56. The van der Waals surface area contributed by atoms with Crippen LogP contribution < -0.4 is 16.9 Å². The number of rotatable bonds is 0. The van der Waals surface area contributed by atoms with Crippen molar-refractivity contribution >= 4 is 16.4 Å². The van der Waals surface area contributed by atoms with E-state index >= 15 is 0 Å². The molecule has 0 bridgehead atoms. The maximum atomic E-state index is 8.74. The zero-order valence-corrected chi connectivity index (χ0v) is 5.17. The van der Waals surface area contributed by atoms with Gasteiger partial charge in [0.05, 0.1) is 0 Å². The van der Waals surface area contributed by atoms with Gasteiger partial charge in [0.25, 0.3) is 0 Å². The highest BCUT2D eigenvalue weighted by Crippen LogP contribution is 1.59. The smallest absolute Gasteiger partial charge is 0.291 e. The van der Waals surface area contributed by atoms with Crippen molar-refractivity contribution in [2.45, 2.75) is 0 Å². The summed E-state index contributed by atoms with van der Waals surface area (Å²) in [7, 11) is -4.67. The lowest BCUT2D eigenvalue weighted by molar-refractivity contribution is -0.116. The maximum absolute atomic E-state index is 8.74. The van der Waals surface area contributed by atoms with Crippen molar-refractivity contribution in [1.29, 1.82) is 0 Å². The lowest BCUT2D eigenvalue weighted by Gasteiger charge is -1.68. The Hall–Kier alpha value is -0.860. The molecule has 0 aromatic rings. The molecular weight excluding hydrogens is 150 g/mol. The number of hydrogen-bond donors (Lipinski definition) is 5. The van der Waals surface area contributed by atoms with Crippen LogP contribution in [0.5, 0.6) is 0 Å². The van der Waals surface area contributed by atoms with E-state index in [-0.39, 0.29) is 5.96 Å². The molecule has 7 nitrogen and oxygen atoms in total. The van der Waals surface area contributed by atoms with Crippen LogP contribution >= 0.6 is 0 Å². The van der Waals surface area contributed by atoms with Gasteiger partial charge in [0.15, 0.2) is 0 Å². The van der Waals surface area contributed by atoms with Gasteiger partial charge >= 0.3 is 16.4 Å². The van der Waals surface area contributed by atoms with Gasteiger partial charge in [-0.05, 0) is 0 Å². The number of hydrogen-bond acceptors (Lipinski definition) is 2. The Labute approximate surface area is 51.7 Å². The highest BCUT2D eigenvalue weighted by Gasteiger charge is 1.84. The molecule has 0 radical (unpaired) electrons. The second-order valence-electron chi connectivity index (χ2n) is 0.948. The molecule has 0 rings (SSSR count). The molecule has 0 spiro atoms. The monoisotopic (exact) mass is 158 g/mol. The summed E-state index contributed by atoms with van der Waals surface area (Å²) in [5.74, 6) is -0.0833. The summed E-state index contributed by atoms with van der Waals surface area (Å²) >= 11 is 0. The van der Waals surface area contributed by atoms with Gasteiger partial charge < -0.3 is 0 Å². The molecule has 0 amide bonds. The van der Waals surface area contributed by atoms with Crippen LogP contribution in [-0.2, 0) is 10.4 Å². The van der Waals surface area contributed by atoms with Crippen molar-refractivity contribution in [3.05, 3.63) is 0 Å². The molecule has 0 atom stereocenters. The lowest BCUT2D eigenvalue weighted by atomic mass is 11.1. The minimum absolute atomic E-state index is 0.0833. The van der Waals surface area contributed by atoms with Gasteiger partial charge in [-0.1, -0.05) is 0 Å². The summed E-state index contributed by atoms with van der Waals surface area (Å²) in [6.45, 7) is 0. The van der Waals surface area contributed by atoms with Crippen molar-refractivity contribution in [2.24, 2.45) is 11.5 Å². The molecule has 0 fully saturated rings. The molecule has 0 aliphatic heterocycles. The largest absolute Gasteiger partial charge is 0.394 e. The third-order valence-electron chi connectivity index (χ3n) is 0. The number of nitrogens with two attached hydrogens (primary N) is 3. The highest BCUT2D eigenvalue weighted by atomic mass is 32.3. The van der Waals surface area contributed by atoms with E-state index in [9.17, 15) is 0 Å². The molecule has 56 valence electrons. The Bertz CT molecular complexity index is 158. The summed E-state index contributed by atoms with van der Waals surface area (Å²) in [4.78, 5) is 0. The molecule has 0 unspecified atom stereocenters. The van der Waals surface area contributed by atoms with Crippen LogP contribution in [0.2, 0.25) is 0 Å². The maximum Gasteiger partial charge on any atom is 0.394 e. The van der Waals surface area contributed by atoms with E-state index in [4.69, 9.17) is 17.5 Å². The summed E-state index contributed by atoms with van der Waals surface area (Å²) in [5, 5.41) is 4.58. The highest BCUT2D eigenvalue weighted by molar-refractivity contribution is 7.79. The molecule has 0 saturated carbocycles. The minimum Gasteiger partial charge on any atom is -0.291 e.